The molecule has 0 radical (unpaired) electrons. The number of rotatable bonds is 6. The van der Waals surface area contributed by atoms with Crippen LogP contribution in [0.1, 0.15) is 25.6 Å². The van der Waals surface area contributed by atoms with Crippen LogP contribution in [-0.2, 0) is 23.7 Å². The Morgan fingerprint density at radius 2 is 2.04 bits per heavy atom. The average molecular weight is 379 g/mol. The number of piperidine rings is 1. The van der Waals surface area contributed by atoms with E-state index in [1.165, 1.54) is 6.33 Å². The van der Waals surface area contributed by atoms with Gasteiger partial charge in [-0.05, 0) is 43.0 Å². The van der Waals surface area contributed by atoms with Gasteiger partial charge in [0.2, 0.25) is 10.0 Å². The summed E-state index contributed by atoms with van der Waals surface area (Å²) >= 11 is 0. The van der Waals surface area contributed by atoms with E-state index in [0.29, 0.717) is 24.7 Å². The van der Waals surface area contributed by atoms with Gasteiger partial charge in [0.25, 0.3) is 0 Å². The normalized spacial score (nSPS) is 21.7. The highest BCUT2D eigenvalue weighted by atomic mass is 32.2. The molecule has 1 aliphatic rings. The van der Waals surface area contributed by atoms with Crippen LogP contribution in [0, 0.1) is 5.92 Å². The van der Waals surface area contributed by atoms with Crippen LogP contribution in [0.5, 0.6) is 5.75 Å². The molecule has 1 aromatic carbocycles. The van der Waals surface area contributed by atoms with E-state index in [0.717, 1.165) is 12.8 Å². The van der Waals surface area contributed by atoms with E-state index >= 15 is 0 Å². The van der Waals surface area contributed by atoms with Crippen LogP contribution in [-0.4, -0.2) is 46.6 Å². The summed E-state index contributed by atoms with van der Waals surface area (Å²) in [5.74, 6) is 1.53. The molecule has 1 fully saturated rings. The van der Waals surface area contributed by atoms with Gasteiger partial charge in [0.05, 0.1) is 4.90 Å². The molecule has 2 unspecified atom stereocenters. The predicted molar refractivity (Wildman–Crippen MR) is 96.9 cm³/mol. The molecule has 2 aromatic rings. The monoisotopic (exact) mass is 379 g/mol. The number of hydrogen-bond donors (Lipinski definition) is 1. The quantitative estimate of drug-likeness (QED) is 0.807. The van der Waals surface area contributed by atoms with Crippen LogP contribution in [0.2, 0.25) is 0 Å². The molecule has 0 aliphatic carbocycles. The Balaban J connectivity index is 1.73. The maximum Gasteiger partial charge on any atom is 0.243 e. The van der Waals surface area contributed by atoms with Crippen molar-refractivity contribution in [1.82, 2.24) is 19.1 Å². The van der Waals surface area contributed by atoms with Crippen molar-refractivity contribution in [1.29, 1.82) is 0 Å². The van der Waals surface area contributed by atoms with Gasteiger partial charge in [0.1, 0.15) is 18.7 Å². The molecule has 2 atom stereocenters. The van der Waals surface area contributed by atoms with E-state index in [9.17, 15) is 8.42 Å². The zero-order chi connectivity index (χ0) is 18.7. The zero-order valence-electron chi connectivity index (χ0n) is 15.1. The molecule has 0 saturated carbocycles. The number of aromatic nitrogens is 3. The number of hydrogen-bond acceptors (Lipinski definition) is 6. The Morgan fingerprint density at radius 3 is 2.65 bits per heavy atom. The van der Waals surface area contributed by atoms with Crippen molar-refractivity contribution in [3.8, 4) is 5.75 Å². The fourth-order valence-electron chi connectivity index (χ4n) is 3.30. The van der Waals surface area contributed by atoms with Crippen LogP contribution < -0.4 is 10.5 Å². The number of sulfonamides is 1. The summed E-state index contributed by atoms with van der Waals surface area (Å²) in [7, 11) is -1.78. The largest absolute Gasteiger partial charge is 0.486 e. The molecule has 8 nitrogen and oxygen atoms in total. The number of nitrogens with zero attached hydrogens (tertiary/aromatic N) is 4. The van der Waals surface area contributed by atoms with Crippen LogP contribution in [0.3, 0.4) is 0 Å². The van der Waals surface area contributed by atoms with Crippen LogP contribution in [0.15, 0.2) is 35.5 Å². The summed E-state index contributed by atoms with van der Waals surface area (Å²) < 4.78 is 34.9. The summed E-state index contributed by atoms with van der Waals surface area (Å²) in [6.07, 6.45) is 3.32. The van der Waals surface area contributed by atoms with Crippen molar-refractivity contribution in [2.24, 2.45) is 18.7 Å². The molecule has 142 valence electrons. The standard InChI is InChI=1S/C17H25N5O3S/c1-13-4-3-9-22(16(13)10-18)26(23,24)15-7-5-14(6-8-15)25-11-17-19-12-20-21(17)2/h5-8,12-13,16H,3-4,9-11,18H2,1-2H3. The lowest BCUT2D eigenvalue weighted by molar-refractivity contribution is 0.192. The SMILES string of the molecule is CC1CCCN(S(=O)(=O)c2ccc(OCc3ncnn3C)cc2)C1CN. The molecule has 2 heterocycles. The van der Waals surface area contributed by atoms with Crippen molar-refractivity contribution >= 4 is 10.0 Å². The molecule has 0 spiro atoms. The Bertz CT molecular complexity index is 834. The predicted octanol–water partition coefficient (Wildman–Crippen LogP) is 1.14. The van der Waals surface area contributed by atoms with Gasteiger partial charge < -0.3 is 10.5 Å². The topological polar surface area (TPSA) is 103 Å². The lowest BCUT2D eigenvalue weighted by Gasteiger charge is -2.38. The van der Waals surface area contributed by atoms with E-state index in [4.69, 9.17) is 10.5 Å². The number of benzene rings is 1. The average Bonchev–Trinajstić information content (AvgIpc) is 3.05. The number of nitrogens with two attached hydrogens (primary N) is 1. The molecule has 1 aromatic heterocycles. The van der Waals surface area contributed by atoms with E-state index in [1.807, 2.05) is 0 Å². The van der Waals surface area contributed by atoms with Crippen molar-refractivity contribution in [3.63, 3.8) is 0 Å². The third-order valence-electron chi connectivity index (χ3n) is 4.91. The maximum atomic E-state index is 13.0. The van der Waals surface area contributed by atoms with Gasteiger partial charge in [0.15, 0.2) is 5.82 Å². The second-order valence-corrected chi connectivity index (χ2v) is 8.49. The smallest absolute Gasteiger partial charge is 0.243 e. The first-order chi connectivity index (χ1) is 12.4. The molecule has 9 heteroatoms. The molecular formula is C17H25N5O3S. The molecule has 3 rings (SSSR count). The van der Waals surface area contributed by atoms with Gasteiger partial charge in [-0.3, -0.25) is 4.68 Å². The molecule has 2 N–H and O–H groups in total. The first-order valence-electron chi connectivity index (χ1n) is 8.71. The van der Waals surface area contributed by atoms with Crippen molar-refractivity contribution in [2.45, 2.75) is 37.3 Å². The van der Waals surface area contributed by atoms with E-state index in [1.54, 1.807) is 40.3 Å². The summed E-state index contributed by atoms with van der Waals surface area (Å²) in [5, 5.41) is 3.98. The van der Waals surface area contributed by atoms with Gasteiger partial charge in [0, 0.05) is 26.2 Å². The molecular weight excluding hydrogens is 354 g/mol. The Kier molecular flexibility index (Phi) is 5.59. The van der Waals surface area contributed by atoms with E-state index in [2.05, 4.69) is 17.0 Å². The van der Waals surface area contributed by atoms with Gasteiger partial charge in [-0.15, -0.1) is 0 Å². The van der Waals surface area contributed by atoms with Gasteiger partial charge in [-0.2, -0.15) is 9.40 Å². The van der Waals surface area contributed by atoms with Crippen LogP contribution >= 0.6 is 0 Å². The number of aryl methyl sites for hydroxylation is 1. The minimum atomic E-state index is -3.57. The minimum absolute atomic E-state index is 0.152. The van der Waals surface area contributed by atoms with Crippen LogP contribution in [0.25, 0.3) is 0 Å². The van der Waals surface area contributed by atoms with Gasteiger partial charge in [-0.1, -0.05) is 6.92 Å². The second kappa shape index (κ2) is 7.73. The summed E-state index contributed by atoms with van der Waals surface area (Å²) in [6, 6.07) is 6.32. The highest BCUT2D eigenvalue weighted by molar-refractivity contribution is 7.89. The summed E-state index contributed by atoms with van der Waals surface area (Å²) in [6.45, 7) is 3.17. The first kappa shape index (κ1) is 18.8. The van der Waals surface area contributed by atoms with Crippen molar-refractivity contribution in [3.05, 3.63) is 36.4 Å². The van der Waals surface area contributed by atoms with Gasteiger partial charge in [-0.25, -0.2) is 13.4 Å². The molecule has 1 saturated heterocycles. The third kappa shape index (κ3) is 3.74. The summed E-state index contributed by atoms with van der Waals surface area (Å²) in [4.78, 5) is 4.35. The van der Waals surface area contributed by atoms with Crippen molar-refractivity contribution < 1.29 is 13.2 Å². The molecule has 0 bridgehead atoms. The second-order valence-electron chi connectivity index (χ2n) is 6.60. The molecule has 1 aliphatic heterocycles. The first-order valence-corrected chi connectivity index (χ1v) is 10.1. The van der Waals surface area contributed by atoms with Crippen LogP contribution in [0.4, 0.5) is 0 Å². The van der Waals surface area contributed by atoms with E-state index in [-0.39, 0.29) is 23.5 Å². The highest BCUT2D eigenvalue weighted by Gasteiger charge is 2.36. The Hall–Kier alpha value is -1.97. The fraction of sp³-hybridized carbons (Fsp3) is 0.529. The molecule has 0 amide bonds. The third-order valence-corrected chi connectivity index (χ3v) is 6.85. The Morgan fingerprint density at radius 1 is 1.31 bits per heavy atom. The Labute approximate surface area is 154 Å². The molecule has 26 heavy (non-hydrogen) atoms. The lowest BCUT2D eigenvalue weighted by atomic mass is 9.93. The van der Waals surface area contributed by atoms with Gasteiger partial charge >= 0.3 is 0 Å². The maximum absolute atomic E-state index is 13.0. The van der Waals surface area contributed by atoms with E-state index < -0.39 is 10.0 Å². The fourth-order valence-corrected chi connectivity index (χ4v) is 5.07. The zero-order valence-corrected chi connectivity index (χ0v) is 15.9. The van der Waals surface area contributed by atoms with Crippen molar-refractivity contribution in [2.75, 3.05) is 13.1 Å². The minimum Gasteiger partial charge on any atom is -0.486 e. The highest BCUT2D eigenvalue weighted by Crippen LogP contribution is 2.29. The lowest BCUT2D eigenvalue weighted by Crippen LogP contribution is -2.51. The summed E-state index contributed by atoms with van der Waals surface area (Å²) in [5.41, 5.74) is 5.84. The number of ether oxygens (including phenoxy) is 1.